The van der Waals surface area contributed by atoms with Gasteiger partial charge in [0.1, 0.15) is 5.69 Å². The highest BCUT2D eigenvalue weighted by Gasteiger charge is 2.26. The predicted molar refractivity (Wildman–Crippen MR) is 109 cm³/mol. The third-order valence-corrected chi connectivity index (χ3v) is 5.18. The number of carbonyl (C=O) groups is 2. The fraction of sp³-hybridized carbons (Fsp3) is 0.263. The molecule has 2 aromatic carbocycles. The van der Waals surface area contributed by atoms with E-state index >= 15 is 0 Å². The Labute approximate surface area is 176 Å². The molecule has 1 aliphatic rings. The van der Waals surface area contributed by atoms with Crippen LogP contribution in [0.4, 0.5) is 11.4 Å². The Morgan fingerprint density at radius 3 is 2.24 bits per heavy atom. The van der Waals surface area contributed by atoms with Crippen molar-refractivity contribution >= 4 is 46.5 Å². The topological polar surface area (TPSA) is 93.0 Å². The Bertz CT molecular complexity index is 954. The Balaban J connectivity index is 1.84. The molecule has 10 heteroatoms. The van der Waals surface area contributed by atoms with Crippen molar-refractivity contribution in [2.45, 2.75) is 6.92 Å². The summed E-state index contributed by atoms with van der Waals surface area (Å²) in [5.74, 6) is -0.848. The number of benzene rings is 2. The number of nitrogens with zero attached hydrogens (tertiary/aromatic N) is 3. The Morgan fingerprint density at radius 1 is 1.07 bits per heavy atom. The summed E-state index contributed by atoms with van der Waals surface area (Å²) in [6.07, 6.45) is 0. The van der Waals surface area contributed by atoms with Gasteiger partial charge in [0.25, 0.3) is 5.69 Å². The maximum Gasteiger partial charge on any atom is 0.343 e. The van der Waals surface area contributed by atoms with Crippen molar-refractivity contribution in [2.24, 2.45) is 0 Å². The normalized spacial score (nSPS) is 13.9. The van der Waals surface area contributed by atoms with Crippen LogP contribution < -0.4 is 9.64 Å². The molecule has 0 atom stereocenters. The molecular formula is C19H17Cl2N3O5. The van der Waals surface area contributed by atoms with E-state index < -0.39 is 10.9 Å². The second kappa shape index (κ2) is 8.67. The van der Waals surface area contributed by atoms with E-state index in [1.807, 2.05) is 4.90 Å². The first-order valence-corrected chi connectivity index (χ1v) is 9.48. The van der Waals surface area contributed by atoms with Crippen LogP contribution in [0.15, 0.2) is 36.4 Å². The van der Waals surface area contributed by atoms with Gasteiger partial charge in [0.15, 0.2) is 5.75 Å². The van der Waals surface area contributed by atoms with Gasteiger partial charge in [0.2, 0.25) is 5.91 Å². The van der Waals surface area contributed by atoms with Crippen LogP contribution in [0.25, 0.3) is 0 Å². The number of rotatable bonds is 4. The van der Waals surface area contributed by atoms with Crippen LogP contribution in [-0.4, -0.2) is 47.9 Å². The van der Waals surface area contributed by atoms with E-state index in [9.17, 15) is 19.7 Å². The maximum absolute atomic E-state index is 12.5. The fourth-order valence-electron chi connectivity index (χ4n) is 3.06. The molecule has 3 rings (SSSR count). The third kappa shape index (κ3) is 4.60. The Hall–Kier alpha value is -2.84. The fourth-order valence-corrected chi connectivity index (χ4v) is 3.53. The summed E-state index contributed by atoms with van der Waals surface area (Å²) in [7, 11) is 0. The number of ether oxygens (including phenoxy) is 1. The summed E-state index contributed by atoms with van der Waals surface area (Å²) < 4.78 is 5.24. The lowest BCUT2D eigenvalue weighted by atomic mass is 10.1. The SMILES string of the molecule is CC(=O)N1CCN(c2ccc(C(=O)Oc3c(Cl)cccc3Cl)cc2[N+](=O)[O-])CC1. The highest BCUT2D eigenvalue weighted by Crippen LogP contribution is 2.34. The molecule has 152 valence electrons. The molecule has 0 spiro atoms. The number of hydrogen-bond donors (Lipinski definition) is 0. The predicted octanol–water partition coefficient (Wildman–Crippen LogP) is 3.79. The van der Waals surface area contributed by atoms with Crippen molar-refractivity contribution in [3.8, 4) is 5.75 Å². The first kappa shape index (κ1) is 20.9. The quantitative estimate of drug-likeness (QED) is 0.312. The van der Waals surface area contributed by atoms with E-state index in [2.05, 4.69) is 0 Å². The molecule has 1 heterocycles. The van der Waals surface area contributed by atoms with E-state index in [0.29, 0.717) is 31.9 Å². The number of halogens is 2. The van der Waals surface area contributed by atoms with Gasteiger partial charge in [-0.2, -0.15) is 0 Å². The van der Waals surface area contributed by atoms with Gasteiger partial charge < -0.3 is 14.5 Å². The number of piperazine rings is 1. The molecule has 1 fully saturated rings. The second-order valence-electron chi connectivity index (χ2n) is 6.39. The summed E-state index contributed by atoms with van der Waals surface area (Å²) in [6, 6.07) is 8.76. The summed E-state index contributed by atoms with van der Waals surface area (Å²) in [6.45, 7) is 3.35. The summed E-state index contributed by atoms with van der Waals surface area (Å²) >= 11 is 12.0. The van der Waals surface area contributed by atoms with E-state index in [1.165, 1.54) is 37.3 Å². The molecule has 0 N–H and O–H groups in total. The minimum atomic E-state index is -0.809. The average Bonchev–Trinajstić information content (AvgIpc) is 2.70. The van der Waals surface area contributed by atoms with Crippen molar-refractivity contribution in [2.75, 3.05) is 31.1 Å². The number of anilines is 1. The Kier molecular flexibility index (Phi) is 6.24. The van der Waals surface area contributed by atoms with Gasteiger partial charge in [-0.3, -0.25) is 14.9 Å². The lowest BCUT2D eigenvalue weighted by Gasteiger charge is -2.35. The Morgan fingerprint density at radius 2 is 1.69 bits per heavy atom. The van der Waals surface area contributed by atoms with Gasteiger partial charge >= 0.3 is 5.97 Å². The van der Waals surface area contributed by atoms with Crippen molar-refractivity contribution in [1.82, 2.24) is 4.90 Å². The molecule has 0 saturated carbocycles. The number of carbonyl (C=O) groups excluding carboxylic acids is 2. The van der Waals surface area contributed by atoms with Crippen LogP contribution in [0, 0.1) is 10.1 Å². The third-order valence-electron chi connectivity index (χ3n) is 4.59. The molecule has 0 aromatic heterocycles. The zero-order valence-electron chi connectivity index (χ0n) is 15.4. The smallest absolute Gasteiger partial charge is 0.343 e. The lowest BCUT2D eigenvalue weighted by Crippen LogP contribution is -2.48. The van der Waals surface area contributed by atoms with E-state index in [0.717, 1.165) is 0 Å². The van der Waals surface area contributed by atoms with Crippen molar-refractivity contribution in [3.63, 3.8) is 0 Å². The molecule has 1 amide bonds. The molecule has 0 unspecified atom stereocenters. The van der Waals surface area contributed by atoms with Crippen LogP contribution >= 0.6 is 23.2 Å². The molecule has 0 radical (unpaired) electrons. The molecule has 8 nitrogen and oxygen atoms in total. The average molecular weight is 438 g/mol. The van der Waals surface area contributed by atoms with Crippen molar-refractivity contribution in [3.05, 3.63) is 62.1 Å². The number of para-hydroxylation sites is 1. The molecule has 1 aliphatic heterocycles. The minimum Gasteiger partial charge on any atom is -0.420 e. The molecule has 1 saturated heterocycles. The van der Waals surface area contributed by atoms with Crippen LogP contribution in [0.2, 0.25) is 10.0 Å². The maximum atomic E-state index is 12.5. The number of esters is 1. The largest absolute Gasteiger partial charge is 0.420 e. The summed E-state index contributed by atoms with van der Waals surface area (Å²) in [4.78, 5) is 38.5. The molecule has 2 aromatic rings. The van der Waals surface area contributed by atoms with Crippen molar-refractivity contribution < 1.29 is 19.2 Å². The van der Waals surface area contributed by atoms with E-state index in [-0.39, 0.29) is 33.0 Å². The van der Waals surface area contributed by atoms with Gasteiger partial charge in [0.05, 0.1) is 20.5 Å². The van der Waals surface area contributed by atoms with Crippen LogP contribution in [0.5, 0.6) is 5.75 Å². The summed E-state index contributed by atoms with van der Waals surface area (Å²) in [5, 5.41) is 11.9. The van der Waals surface area contributed by atoms with Crippen molar-refractivity contribution in [1.29, 1.82) is 0 Å². The van der Waals surface area contributed by atoms with Crippen LogP contribution in [0.3, 0.4) is 0 Å². The van der Waals surface area contributed by atoms with Crippen LogP contribution in [-0.2, 0) is 4.79 Å². The molecule has 0 bridgehead atoms. The van der Waals surface area contributed by atoms with E-state index in [1.54, 1.807) is 11.0 Å². The first-order valence-electron chi connectivity index (χ1n) is 8.73. The molecular weight excluding hydrogens is 421 g/mol. The highest BCUT2D eigenvalue weighted by molar-refractivity contribution is 6.37. The number of amides is 1. The zero-order chi connectivity index (χ0) is 21.1. The zero-order valence-corrected chi connectivity index (χ0v) is 16.9. The first-order chi connectivity index (χ1) is 13.8. The minimum absolute atomic E-state index is 0.00110. The molecule has 0 aliphatic carbocycles. The van der Waals surface area contributed by atoms with Gasteiger partial charge in [-0.25, -0.2) is 4.79 Å². The van der Waals surface area contributed by atoms with Gasteiger partial charge in [-0.15, -0.1) is 0 Å². The van der Waals surface area contributed by atoms with Gasteiger partial charge in [-0.1, -0.05) is 29.3 Å². The van der Waals surface area contributed by atoms with Gasteiger partial charge in [0, 0.05) is 39.2 Å². The monoisotopic (exact) mass is 437 g/mol. The number of nitro benzene ring substituents is 1. The standard InChI is InChI=1S/C19H17Cl2N3O5/c1-12(25)22-7-9-23(10-8-22)16-6-5-13(11-17(16)24(27)28)19(26)29-18-14(20)3-2-4-15(18)21/h2-6,11H,7-10H2,1H3. The summed E-state index contributed by atoms with van der Waals surface area (Å²) in [5.41, 5.74) is 0.158. The van der Waals surface area contributed by atoms with Gasteiger partial charge in [-0.05, 0) is 24.3 Å². The van der Waals surface area contributed by atoms with Crippen LogP contribution in [0.1, 0.15) is 17.3 Å². The van der Waals surface area contributed by atoms with E-state index in [4.69, 9.17) is 27.9 Å². The number of hydrogen-bond acceptors (Lipinski definition) is 6. The number of nitro groups is 1. The molecule has 29 heavy (non-hydrogen) atoms. The highest BCUT2D eigenvalue weighted by atomic mass is 35.5. The lowest BCUT2D eigenvalue weighted by molar-refractivity contribution is -0.384. The second-order valence-corrected chi connectivity index (χ2v) is 7.21.